The fourth-order valence-corrected chi connectivity index (χ4v) is 8.98. The Morgan fingerprint density at radius 2 is 1.83 bits per heavy atom. The third kappa shape index (κ3) is 7.53. The van der Waals surface area contributed by atoms with Gasteiger partial charge in [0.05, 0.1) is 35.2 Å². The Hall–Kier alpha value is -6.35. The number of hydrogen-bond acceptors (Lipinski definition) is 12. The summed E-state index contributed by atoms with van der Waals surface area (Å²) in [6, 6.07) is 17.1. The lowest BCUT2D eigenvalue weighted by Gasteiger charge is -2.35. The number of carbonyl (C=O) groups is 3. The average molecular weight is 808 g/mol. The van der Waals surface area contributed by atoms with Gasteiger partial charge in [-0.05, 0) is 80.6 Å². The van der Waals surface area contributed by atoms with Crippen LogP contribution in [0.15, 0.2) is 65.4 Å². The summed E-state index contributed by atoms with van der Waals surface area (Å²) in [4.78, 5) is 60.7. The molecule has 3 aliphatic rings. The molecule has 3 aliphatic heterocycles. The van der Waals surface area contributed by atoms with Crippen LogP contribution < -0.4 is 15.5 Å². The van der Waals surface area contributed by atoms with Gasteiger partial charge in [0.15, 0.2) is 5.65 Å². The molecule has 0 spiro atoms. The molecule has 0 aliphatic carbocycles. The molecule has 60 heavy (non-hydrogen) atoms. The summed E-state index contributed by atoms with van der Waals surface area (Å²) >= 11 is 0. The van der Waals surface area contributed by atoms with Crippen LogP contribution in [0.25, 0.3) is 33.5 Å². The van der Waals surface area contributed by atoms with Gasteiger partial charge in [-0.1, -0.05) is 44.1 Å². The lowest BCUT2D eigenvalue weighted by molar-refractivity contribution is -0.134. The first-order valence-electron chi connectivity index (χ1n) is 20.7. The minimum absolute atomic E-state index is 0.0164. The van der Waals surface area contributed by atoms with Crippen molar-refractivity contribution in [3.8, 4) is 22.5 Å². The van der Waals surface area contributed by atoms with Gasteiger partial charge in [0, 0.05) is 84.1 Å². The number of H-pyrrole nitrogens is 1. The highest BCUT2D eigenvalue weighted by molar-refractivity contribution is 6.01. The van der Waals surface area contributed by atoms with E-state index in [0.29, 0.717) is 36.5 Å². The van der Waals surface area contributed by atoms with E-state index in [1.165, 1.54) is 0 Å². The van der Waals surface area contributed by atoms with E-state index in [0.717, 1.165) is 94.1 Å². The Labute approximate surface area is 347 Å². The molecule has 9 rings (SSSR count). The molecular weight excluding hydrogens is 759 g/mol. The molecule has 0 radical (unpaired) electrons. The Morgan fingerprint density at radius 1 is 0.983 bits per heavy atom. The van der Waals surface area contributed by atoms with Crippen molar-refractivity contribution in [2.45, 2.75) is 96.7 Å². The SMILES string of the molecule is Cc1cc(-c2[nH]nc3ncc(-c4ccc(N5CC6CC5CN6CCc5ccc(C6CCC(=O)NC6=O)c(C)n5)cn4)cc23)ccc1[C@@H](C)NC(=O)c1noc(C(C)(C)C)n1. The van der Waals surface area contributed by atoms with Crippen molar-refractivity contribution < 1.29 is 18.9 Å². The average Bonchev–Trinajstić information content (AvgIpc) is 4.05. The molecule has 3 N–H and O–H groups in total. The number of pyridine rings is 3. The van der Waals surface area contributed by atoms with Gasteiger partial charge in [0.1, 0.15) is 0 Å². The number of hydrogen-bond donors (Lipinski definition) is 3. The fourth-order valence-electron chi connectivity index (χ4n) is 8.98. The quantitative estimate of drug-likeness (QED) is 0.139. The van der Waals surface area contributed by atoms with Gasteiger partial charge in [-0.25, -0.2) is 4.98 Å². The first kappa shape index (κ1) is 39.1. The Bertz CT molecular complexity index is 2630. The summed E-state index contributed by atoms with van der Waals surface area (Å²) in [6.45, 7) is 14.7. The van der Waals surface area contributed by atoms with E-state index in [2.05, 4.69) is 70.0 Å². The molecule has 308 valence electrons. The molecule has 15 heteroatoms. The second kappa shape index (κ2) is 15.4. The lowest BCUT2D eigenvalue weighted by atomic mass is 9.89. The minimum Gasteiger partial charge on any atom is -0.364 e. The van der Waals surface area contributed by atoms with Crippen LogP contribution >= 0.6 is 0 Å². The number of likely N-dealkylation sites (tertiary alicyclic amines) is 1. The topological polar surface area (TPSA) is 188 Å². The molecule has 2 bridgehead atoms. The number of rotatable bonds is 10. The smallest absolute Gasteiger partial charge is 0.293 e. The molecule has 4 atom stereocenters. The number of aromatic amines is 1. The summed E-state index contributed by atoms with van der Waals surface area (Å²) in [5.74, 6) is -0.702. The molecular formula is C45H49N11O4. The van der Waals surface area contributed by atoms with Gasteiger partial charge < -0.3 is 14.7 Å². The number of benzene rings is 1. The van der Waals surface area contributed by atoms with E-state index in [9.17, 15) is 14.4 Å². The number of aromatic nitrogens is 7. The van der Waals surface area contributed by atoms with Crippen LogP contribution in [0, 0.1) is 13.8 Å². The summed E-state index contributed by atoms with van der Waals surface area (Å²) < 4.78 is 5.31. The number of nitrogens with zero attached hydrogens (tertiary/aromatic N) is 8. The van der Waals surface area contributed by atoms with Gasteiger partial charge in [0.2, 0.25) is 17.7 Å². The van der Waals surface area contributed by atoms with Crippen LogP contribution in [0.3, 0.4) is 0 Å². The van der Waals surface area contributed by atoms with Crippen LogP contribution in [-0.2, 0) is 21.4 Å². The zero-order chi connectivity index (χ0) is 41.9. The molecule has 8 heterocycles. The number of amides is 3. The highest BCUT2D eigenvalue weighted by atomic mass is 16.5. The van der Waals surface area contributed by atoms with E-state index in [1.807, 2.05) is 78.2 Å². The monoisotopic (exact) mass is 807 g/mol. The third-order valence-electron chi connectivity index (χ3n) is 12.2. The third-order valence-corrected chi connectivity index (χ3v) is 12.2. The van der Waals surface area contributed by atoms with E-state index < -0.39 is 5.91 Å². The van der Waals surface area contributed by atoms with Crippen molar-refractivity contribution in [2.75, 3.05) is 24.5 Å². The van der Waals surface area contributed by atoms with Gasteiger partial charge in [-0.2, -0.15) is 10.1 Å². The Balaban J connectivity index is 0.822. The predicted octanol–water partition coefficient (Wildman–Crippen LogP) is 5.90. The number of aryl methyl sites for hydroxylation is 2. The van der Waals surface area contributed by atoms with E-state index in [4.69, 9.17) is 14.5 Å². The van der Waals surface area contributed by atoms with E-state index in [1.54, 1.807) is 0 Å². The number of imide groups is 1. The van der Waals surface area contributed by atoms with E-state index in [-0.39, 0.29) is 35.0 Å². The normalized spacial score (nSPS) is 19.9. The first-order chi connectivity index (χ1) is 28.8. The van der Waals surface area contributed by atoms with Crippen LogP contribution in [-0.4, -0.2) is 89.6 Å². The molecule has 15 nitrogen and oxygen atoms in total. The second-order valence-corrected chi connectivity index (χ2v) is 17.5. The predicted molar refractivity (Wildman–Crippen MR) is 225 cm³/mol. The van der Waals surface area contributed by atoms with Crippen LogP contribution in [0.4, 0.5) is 5.69 Å². The summed E-state index contributed by atoms with van der Waals surface area (Å²) in [5.41, 5.74) is 9.73. The maximum atomic E-state index is 12.9. The summed E-state index contributed by atoms with van der Waals surface area (Å²) in [6.07, 6.45) is 6.65. The zero-order valence-corrected chi connectivity index (χ0v) is 34.7. The van der Waals surface area contributed by atoms with Crippen molar-refractivity contribution in [3.05, 3.63) is 101 Å². The molecule has 3 fully saturated rings. The molecule has 6 aromatic rings. The molecule has 3 unspecified atom stereocenters. The van der Waals surface area contributed by atoms with Gasteiger partial charge in [-0.15, -0.1) is 0 Å². The second-order valence-electron chi connectivity index (χ2n) is 17.5. The molecule has 1 aromatic carbocycles. The fraction of sp³-hybridized carbons (Fsp3) is 0.400. The van der Waals surface area contributed by atoms with Crippen LogP contribution in [0.1, 0.15) is 104 Å². The van der Waals surface area contributed by atoms with Crippen LogP contribution in [0.5, 0.6) is 0 Å². The Morgan fingerprint density at radius 3 is 2.53 bits per heavy atom. The zero-order valence-electron chi connectivity index (χ0n) is 34.7. The lowest BCUT2D eigenvalue weighted by Crippen LogP contribution is -2.47. The van der Waals surface area contributed by atoms with Gasteiger partial charge in [-0.3, -0.25) is 39.7 Å². The number of piperazine rings is 1. The van der Waals surface area contributed by atoms with Gasteiger partial charge in [0.25, 0.3) is 11.7 Å². The van der Waals surface area contributed by atoms with Crippen molar-refractivity contribution in [1.29, 1.82) is 0 Å². The standard InChI is InChI=1S/C45H49N11O4/c1-24-17-27(7-10-33(24)25(2)49-43(59)41-51-44(60-54-41)45(4,5)6)39-36-18-28(20-47-40(36)53-52-39)37-13-9-30(21-46-37)56-23-31-19-32(56)22-55(31)16-15-29-8-11-34(26(3)48-29)35-12-14-38(57)50-42(35)58/h7-11,13,17-18,20-21,25,31-32,35H,12,14-16,19,22-23H2,1-6H3,(H,49,59)(H,47,52,53)(H,50,57,58)/t25-,31?,32?,35?/m1/s1. The highest BCUT2D eigenvalue weighted by Crippen LogP contribution is 2.36. The van der Waals surface area contributed by atoms with Crippen molar-refractivity contribution in [1.82, 2.24) is 50.8 Å². The molecule has 3 saturated heterocycles. The highest BCUT2D eigenvalue weighted by Gasteiger charge is 2.43. The van der Waals surface area contributed by atoms with Crippen molar-refractivity contribution in [2.24, 2.45) is 0 Å². The number of piperidine rings is 1. The Kier molecular flexibility index (Phi) is 10.0. The van der Waals surface area contributed by atoms with E-state index >= 15 is 0 Å². The minimum atomic E-state index is -0.390. The number of nitrogens with one attached hydrogen (secondary N) is 3. The van der Waals surface area contributed by atoms with Crippen molar-refractivity contribution in [3.63, 3.8) is 0 Å². The maximum absolute atomic E-state index is 12.9. The molecule has 3 amide bonds. The first-order valence-corrected chi connectivity index (χ1v) is 20.7. The molecule has 0 saturated carbocycles. The largest absolute Gasteiger partial charge is 0.364 e. The number of anilines is 1. The number of fused-ring (bicyclic) bond motifs is 3. The van der Waals surface area contributed by atoms with Crippen molar-refractivity contribution >= 4 is 34.4 Å². The molecule has 5 aromatic heterocycles. The summed E-state index contributed by atoms with van der Waals surface area (Å²) in [7, 11) is 0. The van der Waals surface area contributed by atoms with Gasteiger partial charge >= 0.3 is 0 Å². The van der Waals surface area contributed by atoms with Crippen LogP contribution in [0.2, 0.25) is 0 Å². The maximum Gasteiger partial charge on any atom is 0.293 e. The number of carbonyl (C=O) groups excluding carboxylic acids is 3. The summed E-state index contributed by atoms with van der Waals surface area (Å²) in [5, 5.41) is 17.9.